The predicted octanol–water partition coefficient (Wildman–Crippen LogP) is 3.48. The van der Waals surface area contributed by atoms with Crippen molar-refractivity contribution < 1.29 is 4.92 Å². The third-order valence-corrected chi connectivity index (χ3v) is 5.09. The van der Waals surface area contributed by atoms with Crippen LogP contribution >= 0.6 is 0 Å². The summed E-state index contributed by atoms with van der Waals surface area (Å²) in [5, 5.41) is 11.5. The van der Waals surface area contributed by atoms with E-state index in [4.69, 9.17) is 4.98 Å². The Kier molecular flexibility index (Phi) is 4.69. The van der Waals surface area contributed by atoms with Crippen LogP contribution in [0.2, 0.25) is 0 Å². The quantitative estimate of drug-likeness (QED) is 0.294. The highest BCUT2D eigenvalue weighted by molar-refractivity contribution is 5.91. The number of hydrogen-bond acceptors (Lipinski definition) is 5. The molecule has 2 aromatic heterocycles. The van der Waals surface area contributed by atoms with Crippen LogP contribution in [0, 0.1) is 16.0 Å². The first-order valence-electron chi connectivity index (χ1n) is 9.56. The molecule has 0 saturated heterocycles. The Morgan fingerprint density at radius 3 is 2.37 bits per heavy atom. The number of hydrogen-bond donors (Lipinski definition) is 0. The maximum atomic E-state index is 13.5. The zero-order valence-corrected chi connectivity index (χ0v) is 16.8. The Hall–Kier alpha value is -3.81. The predicted molar refractivity (Wildman–Crippen MR) is 116 cm³/mol. The van der Waals surface area contributed by atoms with Crippen LogP contribution in [0.4, 0.5) is 5.69 Å². The number of non-ortho nitro benzene ring substituents is 1. The lowest BCUT2D eigenvalue weighted by atomic mass is 10.1. The van der Waals surface area contributed by atoms with Crippen LogP contribution in [0.15, 0.2) is 58.1 Å². The van der Waals surface area contributed by atoms with Crippen LogP contribution in [0.5, 0.6) is 0 Å². The van der Waals surface area contributed by atoms with E-state index in [1.807, 2.05) is 26.0 Å². The van der Waals surface area contributed by atoms with Crippen molar-refractivity contribution >= 4 is 27.6 Å². The Balaban J connectivity index is 2.12. The van der Waals surface area contributed by atoms with Crippen molar-refractivity contribution in [1.29, 1.82) is 0 Å². The van der Waals surface area contributed by atoms with Gasteiger partial charge >= 0.3 is 0 Å². The molecule has 4 aromatic rings. The molecule has 0 bridgehead atoms. The summed E-state index contributed by atoms with van der Waals surface area (Å²) in [5.74, 6) is 0.504. The SMILES string of the molecule is CC(C)Cn1c(-c2ccc([N+](=O)[O-])cc2)nc2c(c(=O)c3ccccc3n2C)c1=O. The number of benzene rings is 2. The molecule has 8 nitrogen and oxygen atoms in total. The maximum absolute atomic E-state index is 13.5. The van der Waals surface area contributed by atoms with E-state index in [2.05, 4.69) is 0 Å². The summed E-state index contributed by atoms with van der Waals surface area (Å²) in [6.45, 7) is 4.30. The van der Waals surface area contributed by atoms with Gasteiger partial charge in [0.25, 0.3) is 11.2 Å². The van der Waals surface area contributed by atoms with E-state index >= 15 is 0 Å². The molecule has 2 heterocycles. The van der Waals surface area contributed by atoms with Crippen molar-refractivity contribution in [2.24, 2.45) is 13.0 Å². The van der Waals surface area contributed by atoms with Gasteiger partial charge in [-0.15, -0.1) is 0 Å². The van der Waals surface area contributed by atoms with Crippen LogP contribution in [0.25, 0.3) is 33.3 Å². The molecule has 0 spiro atoms. The second-order valence-electron chi connectivity index (χ2n) is 7.65. The first kappa shape index (κ1) is 19.5. The summed E-state index contributed by atoms with van der Waals surface area (Å²) in [4.78, 5) is 41.8. The minimum Gasteiger partial charge on any atom is -0.328 e. The van der Waals surface area contributed by atoms with Gasteiger partial charge < -0.3 is 4.57 Å². The lowest BCUT2D eigenvalue weighted by Gasteiger charge is -2.17. The molecule has 0 aliphatic carbocycles. The highest BCUT2D eigenvalue weighted by Crippen LogP contribution is 2.23. The van der Waals surface area contributed by atoms with E-state index in [9.17, 15) is 19.7 Å². The zero-order valence-electron chi connectivity index (χ0n) is 16.8. The molecule has 8 heteroatoms. The fourth-order valence-corrected chi connectivity index (χ4v) is 3.68. The van der Waals surface area contributed by atoms with Crippen molar-refractivity contribution in [1.82, 2.24) is 14.1 Å². The highest BCUT2D eigenvalue weighted by atomic mass is 16.6. The molecule has 4 rings (SSSR count). The van der Waals surface area contributed by atoms with E-state index in [1.54, 1.807) is 35.9 Å². The third-order valence-electron chi connectivity index (χ3n) is 5.09. The van der Waals surface area contributed by atoms with Crippen molar-refractivity contribution in [3.05, 3.63) is 79.2 Å². The number of para-hydroxylation sites is 1. The topological polar surface area (TPSA) is 100 Å². The third kappa shape index (κ3) is 3.06. The fourth-order valence-electron chi connectivity index (χ4n) is 3.68. The molecule has 0 unspecified atom stereocenters. The summed E-state index contributed by atoms with van der Waals surface area (Å²) >= 11 is 0. The first-order valence-corrected chi connectivity index (χ1v) is 9.56. The lowest BCUT2D eigenvalue weighted by molar-refractivity contribution is -0.384. The van der Waals surface area contributed by atoms with Crippen LogP contribution in [0.3, 0.4) is 0 Å². The molecule has 0 radical (unpaired) electrons. The zero-order chi connectivity index (χ0) is 21.6. The van der Waals surface area contributed by atoms with Gasteiger partial charge in [-0.05, 0) is 30.2 Å². The van der Waals surface area contributed by atoms with Crippen molar-refractivity contribution in [2.75, 3.05) is 0 Å². The van der Waals surface area contributed by atoms with Crippen molar-refractivity contribution in [2.45, 2.75) is 20.4 Å². The van der Waals surface area contributed by atoms with Crippen molar-refractivity contribution in [3.8, 4) is 11.4 Å². The lowest BCUT2D eigenvalue weighted by Crippen LogP contribution is -2.30. The molecule has 152 valence electrons. The number of nitro groups is 1. The maximum Gasteiger partial charge on any atom is 0.269 e. The average molecular weight is 404 g/mol. The van der Waals surface area contributed by atoms with Crippen LogP contribution in [0.1, 0.15) is 13.8 Å². The van der Waals surface area contributed by atoms with Gasteiger partial charge in [-0.2, -0.15) is 0 Å². The number of aromatic nitrogens is 3. The second-order valence-corrected chi connectivity index (χ2v) is 7.65. The van der Waals surface area contributed by atoms with E-state index in [1.165, 1.54) is 16.7 Å². The van der Waals surface area contributed by atoms with Gasteiger partial charge in [0.15, 0.2) is 5.65 Å². The minimum absolute atomic E-state index is 0.0440. The molecular weight excluding hydrogens is 384 g/mol. The smallest absolute Gasteiger partial charge is 0.269 e. The molecule has 0 N–H and O–H groups in total. The van der Waals surface area contributed by atoms with Gasteiger partial charge in [0.05, 0.1) is 10.4 Å². The number of nitro benzene ring substituents is 1. The van der Waals surface area contributed by atoms with Gasteiger partial charge in [-0.3, -0.25) is 24.3 Å². The normalized spacial score (nSPS) is 11.5. The summed E-state index contributed by atoms with van der Waals surface area (Å²) in [7, 11) is 1.77. The molecule has 2 aromatic carbocycles. The summed E-state index contributed by atoms with van der Waals surface area (Å²) in [5.41, 5.74) is 0.740. The Morgan fingerprint density at radius 1 is 1.07 bits per heavy atom. The van der Waals surface area contributed by atoms with Crippen LogP contribution in [-0.2, 0) is 13.6 Å². The molecule has 0 saturated carbocycles. The molecule has 0 fully saturated rings. The Labute approximate surface area is 171 Å². The van der Waals surface area contributed by atoms with E-state index in [0.29, 0.717) is 28.8 Å². The summed E-state index contributed by atoms with van der Waals surface area (Å²) in [6, 6.07) is 13.0. The minimum atomic E-state index is -0.478. The second kappa shape index (κ2) is 7.22. The largest absolute Gasteiger partial charge is 0.328 e. The molecule has 30 heavy (non-hydrogen) atoms. The fraction of sp³-hybridized carbons (Fsp3) is 0.227. The van der Waals surface area contributed by atoms with Gasteiger partial charge in [-0.1, -0.05) is 26.0 Å². The number of aryl methyl sites for hydroxylation is 1. The molecule has 0 atom stereocenters. The average Bonchev–Trinajstić information content (AvgIpc) is 2.73. The Morgan fingerprint density at radius 2 is 1.73 bits per heavy atom. The van der Waals surface area contributed by atoms with Crippen molar-refractivity contribution in [3.63, 3.8) is 0 Å². The highest BCUT2D eigenvalue weighted by Gasteiger charge is 2.20. The van der Waals surface area contributed by atoms with E-state index < -0.39 is 10.5 Å². The Bertz CT molecular complexity index is 1420. The van der Waals surface area contributed by atoms with E-state index in [-0.39, 0.29) is 28.1 Å². The van der Waals surface area contributed by atoms with Gasteiger partial charge in [0.2, 0.25) is 5.43 Å². The number of rotatable bonds is 4. The standard InChI is InChI=1S/C22H20N4O4/c1-13(2)12-25-20(14-8-10-15(11-9-14)26(29)30)23-21-18(22(25)28)19(27)16-6-4-5-7-17(16)24(21)3/h4-11,13H,12H2,1-3H3. The van der Waals surface area contributed by atoms with Gasteiger partial charge in [0, 0.05) is 36.7 Å². The summed E-state index contributed by atoms with van der Waals surface area (Å²) < 4.78 is 3.23. The molecular formula is C22H20N4O4. The van der Waals surface area contributed by atoms with Crippen LogP contribution < -0.4 is 11.0 Å². The van der Waals surface area contributed by atoms with E-state index in [0.717, 1.165) is 0 Å². The number of pyridine rings is 1. The van der Waals surface area contributed by atoms with Gasteiger partial charge in [0.1, 0.15) is 11.2 Å². The van der Waals surface area contributed by atoms with Crippen LogP contribution in [-0.4, -0.2) is 19.0 Å². The molecule has 0 aliphatic rings. The van der Waals surface area contributed by atoms with Gasteiger partial charge in [-0.25, -0.2) is 4.98 Å². The monoisotopic (exact) mass is 404 g/mol. The molecule has 0 amide bonds. The number of nitrogens with zero attached hydrogens (tertiary/aromatic N) is 4. The number of fused-ring (bicyclic) bond motifs is 2. The first-order chi connectivity index (χ1) is 14.3. The molecule has 0 aliphatic heterocycles. The summed E-state index contributed by atoms with van der Waals surface area (Å²) in [6.07, 6.45) is 0.